The molecule has 1 aliphatic heterocycles. The Hall–Kier alpha value is -1.94. The van der Waals surface area contributed by atoms with Crippen molar-refractivity contribution in [2.24, 2.45) is 0 Å². The highest BCUT2D eigenvalue weighted by Crippen LogP contribution is 2.40. The molecule has 1 aliphatic carbocycles. The number of nitriles is 1. The van der Waals surface area contributed by atoms with Crippen molar-refractivity contribution in [2.45, 2.75) is 57.3 Å². The van der Waals surface area contributed by atoms with Crippen LogP contribution in [0, 0.1) is 11.3 Å². The first-order valence-corrected chi connectivity index (χ1v) is 7.69. The molecule has 7 heteroatoms. The van der Waals surface area contributed by atoms with Crippen LogP contribution in [0.5, 0.6) is 0 Å². The number of hydrogen-bond acceptors (Lipinski definition) is 5. The Morgan fingerprint density at radius 3 is 2.77 bits per heavy atom. The molecule has 0 N–H and O–H groups in total. The van der Waals surface area contributed by atoms with Gasteiger partial charge in [-0.25, -0.2) is 9.67 Å². The highest BCUT2D eigenvalue weighted by molar-refractivity contribution is 5.76. The molecule has 0 aromatic carbocycles. The first kappa shape index (κ1) is 15.0. The van der Waals surface area contributed by atoms with Gasteiger partial charge in [0.25, 0.3) is 5.82 Å². The van der Waals surface area contributed by atoms with E-state index >= 15 is 0 Å². The molecule has 2 fully saturated rings. The Morgan fingerprint density at radius 1 is 1.41 bits per heavy atom. The van der Waals surface area contributed by atoms with E-state index in [9.17, 15) is 4.79 Å². The Labute approximate surface area is 129 Å². The summed E-state index contributed by atoms with van der Waals surface area (Å²) >= 11 is 0. The average molecular weight is 303 g/mol. The van der Waals surface area contributed by atoms with E-state index in [0.29, 0.717) is 13.1 Å². The summed E-state index contributed by atoms with van der Waals surface area (Å²) in [5, 5.41) is 12.7. The number of hydrogen-bond donors (Lipinski definition) is 0. The van der Waals surface area contributed by atoms with E-state index in [-0.39, 0.29) is 29.5 Å². The van der Waals surface area contributed by atoms with Crippen LogP contribution in [0.25, 0.3) is 0 Å². The molecule has 0 bridgehead atoms. The van der Waals surface area contributed by atoms with Crippen LogP contribution in [0.1, 0.15) is 45.4 Å². The van der Waals surface area contributed by atoms with Crippen molar-refractivity contribution in [1.82, 2.24) is 19.7 Å². The number of carbonyl (C=O) groups excluding carboxylic acids is 1. The number of amides is 1. The fourth-order valence-corrected chi connectivity index (χ4v) is 3.63. The van der Waals surface area contributed by atoms with Crippen molar-refractivity contribution in [2.75, 3.05) is 13.1 Å². The second kappa shape index (κ2) is 5.36. The van der Waals surface area contributed by atoms with Crippen molar-refractivity contribution >= 4 is 5.91 Å². The summed E-state index contributed by atoms with van der Waals surface area (Å²) in [5.74, 6) is 0.0828. The summed E-state index contributed by atoms with van der Waals surface area (Å²) in [6.45, 7) is 5.41. The molecule has 1 amide bonds. The molecule has 1 spiro atoms. The Morgan fingerprint density at radius 2 is 2.14 bits per heavy atom. The van der Waals surface area contributed by atoms with E-state index in [2.05, 4.69) is 10.1 Å². The zero-order valence-corrected chi connectivity index (χ0v) is 13.1. The molecule has 1 saturated heterocycles. The SMILES string of the molecule is CC1(C)CN(C(=O)Cn2cnc(C#N)n2)CC2(CCCC2)O1. The predicted molar refractivity (Wildman–Crippen MR) is 77.7 cm³/mol. The van der Waals surface area contributed by atoms with Crippen molar-refractivity contribution in [3.8, 4) is 6.07 Å². The van der Waals surface area contributed by atoms with E-state index in [1.54, 1.807) is 0 Å². The highest BCUT2D eigenvalue weighted by atomic mass is 16.5. The number of aromatic nitrogens is 3. The number of morpholine rings is 1. The minimum atomic E-state index is -0.335. The third-order valence-corrected chi connectivity index (χ3v) is 4.34. The largest absolute Gasteiger partial charge is 0.365 e. The van der Waals surface area contributed by atoms with E-state index in [4.69, 9.17) is 10.00 Å². The summed E-state index contributed by atoms with van der Waals surface area (Å²) in [7, 11) is 0. The van der Waals surface area contributed by atoms with E-state index < -0.39 is 0 Å². The lowest BCUT2D eigenvalue weighted by molar-refractivity contribution is -0.198. The summed E-state index contributed by atoms with van der Waals surface area (Å²) in [6, 6.07) is 1.86. The summed E-state index contributed by atoms with van der Waals surface area (Å²) < 4.78 is 7.72. The summed E-state index contributed by atoms with van der Waals surface area (Å²) in [5.41, 5.74) is -0.518. The third kappa shape index (κ3) is 2.97. The van der Waals surface area contributed by atoms with Gasteiger partial charge in [0, 0.05) is 13.1 Å². The molecule has 0 radical (unpaired) electrons. The molecule has 118 valence electrons. The normalized spacial score (nSPS) is 22.7. The van der Waals surface area contributed by atoms with Crippen molar-refractivity contribution in [3.63, 3.8) is 0 Å². The zero-order valence-electron chi connectivity index (χ0n) is 13.1. The van der Waals surface area contributed by atoms with Gasteiger partial charge in [-0.05, 0) is 26.7 Å². The van der Waals surface area contributed by atoms with Crippen molar-refractivity contribution in [1.29, 1.82) is 5.26 Å². The second-order valence-corrected chi connectivity index (χ2v) is 6.88. The van der Waals surface area contributed by atoms with Crippen LogP contribution in [-0.2, 0) is 16.1 Å². The summed E-state index contributed by atoms with van der Waals surface area (Å²) in [6.07, 6.45) is 5.77. The summed E-state index contributed by atoms with van der Waals surface area (Å²) in [4.78, 5) is 18.3. The van der Waals surface area contributed by atoms with E-state index in [1.807, 2.05) is 24.8 Å². The number of rotatable bonds is 2. The molecule has 1 aromatic rings. The molecule has 2 heterocycles. The lowest BCUT2D eigenvalue weighted by Crippen LogP contribution is -2.60. The van der Waals surface area contributed by atoms with Crippen LogP contribution in [0.4, 0.5) is 0 Å². The predicted octanol–water partition coefficient (Wildman–Crippen LogP) is 1.10. The maximum absolute atomic E-state index is 12.6. The second-order valence-electron chi connectivity index (χ2n) is 6.88. The third-order valence-electron chi connectivity index (χ3n) is 4.34. The fraction of sp³-hybridized carbons (Fsp3) is 0.733. The van der Waals surface area contributed by atoms with Gasteiger partial charge in [-0.3, -0.25) is 4.79 Å². The van der Waals surface area contributed by atoms with Gasteiger partial charge in [0.05, 0.1) is 11.2 Å². The molecule has 22 heavy (non-hydrogen) atoms. The minimum Gasteiger partial charge on any atom is -0.365 e. The van der Waals surface area contributed by atoms with Crippen LogP contribution in [0.15, 0.2) is 6.33 Å². The van der Waals surface area contributed by atoms with Gasteiger partial charge in [-0.2, -0.15) is 5.26 Å². The van der Waals surface area contributed by atoms with Gasteiger partial charge in [-0.15, -0.1) is 5.10 Å². The van der Waals surface area contributed by atoms with Gasteiger partial charge in [0.2, 0.25) is 5.91 Å². The molecule has 1 saturated carbocycles. The molecular formula is C15H21N5O2. The Balaban J connectivity index is 1.72. The van der Waals surface area contributed by atoms with Crippen LogP contribution in [-0.4, -0.2) is 49.9 Å². The van der Waals surface area contributed by atoms with Crippen LogP contribution >= 0.6 is 0 Å². The standard InChI is InChI=1S/C15H21N5O2/c1-14(2)9-19(10-15(22-14)5-3-4-6-15)13(21)8-20-11-17-12(7-16)18-20/h11H,3-6,8-10H2,1-2H3. The van der Waals surface area contributed by atoms with Gasteiger partial charge in [0.15, 0.2) is 0 Å². The van der Waals surface area contributed by atoms with Crippen LogP contribution in [0.3, 0.4) is 0 Å². The number of carbonyl (C=O) groups is 1. The Bertz CT molecular complexity index is 610. The van der Waals surface area contributed by atoms with Gasteiger partial charge < -0.3 is 9.64 Å². The molecule has 7 nitrogen and oxygen atoms in total. The van der Waals surface area contributed by atoms with Gasteiger partial charge in [-0.1, -0.05) is 12.8 Å². The van der Waals surface area contributed by atoms with Gasteiger partial charge in [0.1, 0.15) is 18.9 Å². The molecule has 2 aliphatic rings. The Kier molecular flexibility index (Phi) is 3.65. The van der Waals surface area contributed by atoms with E-state index in [0.717, 1.165) is 25.7 Å². The van der Waals surface area contributed by atoms with Crippen LogP contribution < -0.4 is 0 Å². The smallest absolute Gasteiger partial charge is 0.252 e. The zero-order chi connectivity index (χ0) is 15.8. The first-order chi connectivity index (χ1) is 10.4. The molecule has 1 aromatic heterocycles. The highest BCUT2D eigenvalue weighted by Gasteiger charge is 2.46. The molecule has 0 atom stereocenters. The monoisotopic (exact) mass is 303 g/mol. The minimum absolute atomic E-state index is 0.00274. The molecule has 3 rings (SSSR count). The van der Waals surface area contributed by atoms with Gasteiger partial charge >= 0.3 is 0 Å². The average Bonchev–Trinajstić information content (AvgIpc) is 3.06. The van der Waals surface area contributed by atoms with Crippen molar-refractivity contribution < 1.29 is 9.53 Å². The molecular weight excluding hydrogens is 282 g/mol. The quantitative estimate of drug-likeness (QED) is 0.817. The maximum atomic E-state index is 12.6. The number of nitrogens with zero attached hydrogens (tertiary/aromatic N) is 5. The topological polar surface area (TPSA) is 84.0 Å². The lowest BCUT2D eigenvalue weighted by Gasteiger charge is -2.48. The van der Waals surface area contributed by atoms with Crippen molar-refractivity contribution in [3.05, 3.63) is 12.2 Å². The first-order valence-electron chi connectivity index (χ1n) is 7.69. The fourth-order valence-electron chi connectivity index (χ4n) is 3.63. The van der Waals surface area contributed by atoms with Crippen LogP contribution in [0.2, 0.25) is 0 Å². The number of ether oxygens (including phenoxy) is 1. The lowest BCUT2D eigenvalue weighted by atomic mass is 9.94. The van der Waals surface area contributed by atoms with E-state index in [1.165, 1.54) is 11.0 Å². The maximum Gasteiger partial charge on any atom is 0.252 e. The molecule has 0 unspecified atom stereocenters.